The van der Waals surface area contributed by atoms with Crippen LogP contribution >= 0.6 is 11.6 Å². The molecule has 1 fully saturated rings. The Kier molecular flexibility index (Phi) is 4.94. The van der Waals surface area contributed by atoms with Gasteiger partial charge in [-0.15, -0.1) is 0 Å². The maximum absolute atomic E-state index is 11.6. The third-order valence-corrected chi connectivity index (χ3v) is 4.18. The van der Waals surface area contributed by atoms with Crippen LogP contribution in [-0.4, -0.2) is 35.5 Å². The molecule has 5 heteroatoms. The Morgan fingerprint density at radius 3 is 2.96 bits per heavy atom. The summed E-state index contributed by atoms with van der Waals surface area (Å²) in [6, 6.07) is 13.7. The zero-order valence-electron chi connectivity index (χ0n) is 13.0. The van der Waals surface area contributed by atoms with Crippen LogP contribution in [0.25, 0.3) is 0 Å². The van der Waals surface area contributed by atoms with E-state index >= 15 is 0 Å². The molecule has 0 aliphatic carbocycles. The Morgan fingerprint density at radius 1 is 1.35 bits per heavy atom. The largest absolute Gasteiger partial charge is 0.368 e. The molecule has 1 aromatic heterocycles. The molecular weight excluding hydrogens is 312 g/mol. The molecule has 23 heavy (non-hydrogen) atoms. The molecule has 2 aromatic rings. The van der Waals surface area contributed by atoms with Gasteiger partial charge in [-0.1, -0.05) is 29.8 Å². The van der Waals surface area contributed by atoms with Crippen molar-refractivity contribution in [3.63, 3.8) is 0 Å². The van der Waals surface area contributed by atoms with Crippen molar-refractivity contribution in [2.75, 3.05) is 19.7 Å². The fraction of sp³-hybridized carbons (Fsp3) is 0.333. The molecule has 0 spiro atoms. The van der Waals surface area contributed by atoms with Gasteiger partial charge in [-0.2, -0.15) is 0 Å². The van der Waals surface area contributed by atoms with Gasteiger partial charge in [0.2, 0.25) is 5.91 Å². The summed E-state index contributed by atoms with van der Waals surface area (Å²) in [7, 11) is 0. The number of hydrogen-bond acceptors (Lipinski definition) is 3. The molecule has 120 valence electrons. The van der Waals surface area contributed by atoms with Crippen LogP contribution in [0.5, 0.6) is 0 Å². The van der Waals surface area contributed by atoms with Crippen LogP contribution < -0.4 is 0 Å². The van der Waals surface area contributed by atoms with Crippen molar-refractivity contribution in [2.24, 2.45) is 0 Å². The van der Waals surface area contributed by atoms with Crippen molar-refractivity contribution in [3.8, 4) is 0 Å². The van der Waals surface area contributed by atoms with E-state index < -0.39 is 0 Å². The van der Waals surface area contributed by atoms with Gasteiger partial charge in [0.1, 0.15) is 6.10 Å². The molecule has 1 atom stereocenters. The van der Waals surface area contributed by atoms with Gasteiger partial charge in [0.05, 0.1) is 18.8 Å². The van der Waals surface area contributed by atoms with Crippen molar-refractivity contribution in [2.45, 2.75) is 19.4 Å². The van der Waals surface area contributed by atoms with Crippen LogP contribution in [0, 0.1) is 0 Å². The molecule has 4 nitrogen and oxygen atoms in total. The second-order valence-electron chi connectivity index (χ2n) is 5.68. The molecule has 1 saturated heterocycles. The number of carbonyl (C=O) groups excluding carboxylic acids is 1. The molecule has 1 aliphatic rings. The fourth-order valence-corrected chi connectivity index (χ4v) is 2.96. The monoisotopic (exact) mass is 330 g/mol. The highest BCUT2D eigenvalue weighted by Crippen LogP contribution is 2.22. The average molecular weight is 331 g/mol. The predicted octanol–water partition coefficient (Wildman–Crippen LogP) is 3.25. The average Bonchev–Trinajstić information content (AvgIpc) is 2.55. The number of hydrogen-bond donors (Lipinski definition) is 0. The maximum atomic E-state index is 11.6. The van der Waals surface area contributed by atoms with Gasteiger partial charge in [0.25, 0.3) is 0 Å². The zero-order valence-corrected chi connectivity index (χ0v) is 13.8. The van der Waals surface area contributed by atoms with Crippen molar-refractivity contribution < 1.29 is 9.53 Å². The van der Waals surface area contributed by atoms with Gasteiger partial charge in [0.15, 0.2) is 0 Å². The van der Waals surface area contributed by atoms with Crippen molar-refractivity contribution in [3.05, 3.63) is 64.4 Å². The van der Waals surface area contributed by atoms with E-state index in [2.05, 4.69) is 0 Å². The second-order valence-corrected chi connectivity index (χ2v) is 6.12. The number of nitrogens with zero attached hydrogens (tertiary/aromatic N) is 2. The number of morpholine rings is 1. The Balaban J connectivity index is 1.75. The highest BCUT2D eigenvalue weighted by molar-refractivity contribution is 6.30. The highest BCUT2D eigenvalue weighted by Gasteiger charge is 2.24. The van der Waals surface area contributed by atoms with Crippen LogP contribution in [0.3, 0.4) is 0 Å². The maximum Gasteiger partial charge on any atom is 0.219 e. The van der Waals surface area contributed by atoms with Gasteiger partial charge in [0, 0.05) is 30.6 Å². The zero-order chi connectivity index (χ0) is 16.2. The lowest BCUT2D eigenvalue weighted by Crippen LogP contribution is -2.41. The van der Waals surface area contributed by atoms with Crippen LogP contribution in [-0.2, 0) is 16.0 Å². The summed E-state index contributed by atoms with van der Waals surface area (Å²) in [5.41, 5.74) is 2.96. The number of aromatic nitrogens is 1. The lowest BCUT2D eigenvalue weighted by Gasteiger charge is -2.32. The summed E-state index contributed by atoms with van der Waals surface area (Å²) in [6.45, 7) is 3.34. The van der Waals surface area contributed by atoms with Crippen LogP contribution in [0.15, 0.2) is 42.5 Å². The first-order valence-corrected chi connectivity index (χ1v) is 8.07. The van der Waals surface area contributed by atoms with Gasteiger partial charge in [-0.05, 0) is 29.8 Å². The summed E-state index contributed by atoms with van der Waals surface area (Å²) >= 11 is 6.03. The minimum Gasteiger partial charge on any atom is -0.368 e. The normalized spacial score (nSPS) is 18.0. The molecule has 0 unspecified atom stereocenters. The fourth-order valence-electron chi connectivity index (χ4n) is 2.75. The molecule has 3 rings (SSSR count). The number of rotatable bonds is 3. The first-order chi connectivity index (χ1) is 11.1. The number of benzene rings is 1. The van der Waals surface area contributed by atoms with Gasteiger partial charge in [-0.3, -0.25) is 9.78 Å². The van der Waals surface area contributed by atoms with E-state index in [0.29, 0.717) is 19.7 Å². The first kappa shape index (κ1) is 16.0. The Labute approximate surface area is 141 Å². The number of amides is 1. The molecular formula is C18H19ClN2O2. The molecule has 0 saturated carbocycles. The molecule has 0 bridgehead atoms. The molecule has 2 heterocycles. The molecule has 1 aliphatic heterocycles. The highest BCUT2D eigenvalue weighted by atomic mass is 35.5. The number of pyridine rings is 1. The molecule has 0 N–H and O–H groups in total. The van der Waals surface area contributed by atoms with Crippen molar-refractivity contribution in [1.82, 2.24) is 9.88 Å². The van der Waals surface area contributed by atoms with Gasteiger partial charge >= 0.3 is 0 Å². The number of halogens is 1. The predicted molar refractivity (Wildman–Crippen MR) is 89.4 cm³/mol. The van der Waals surface area contributed by atoms with E-state index in [1.807, 2.05) is 42.5 Å². The Hall–Kier alpha value is -1.91. The lowest BCUT2D eigenvalue weighted by molar-refractivity contribution is -0.136. The second kappa shape index (κ2) is 7.11. The minimum absolute atomic E-state index is 0.0772. The molecule has 1 amide bonds. The van der Waals surface area contributed by atoms with E-state index in [4.69, 9.17) is 21.3 Å². The third kappa shape index (κ3) is 4.09. The molecule has 0 radical (unpaired) electrons. The summed E-state index contributed by atoms with van der Waals surface area (Å²) in [5, 5.41) is 0.728. The SMILES string of the molecule is CC(=O)N1CCO[C@H](c2cccc(Cc3cccc(Cl)c3)n2)C1. The van der Waals surface area contributed by atoms with E-state index in [1.54, 1.807) is 11.8 Å². The number of ether oxygens (including phenoxy) is 1. The van der Waals surface area contributed by atoms with Crippen LogP contribution in [0.2, 0.25) is 5.02 Å². The Morgan fingerprint density at radius 2 is 2.17 bits per heavy atom. The minimum atomic E-state index is -0.160. The smallest absolute Gasteiger partial charge is 0.219 e. The quantitative estimate of drug-likeness (QED) is 0.867. The van der Waals surface area contributed by atoms with Crippen molar-refractivity contribution >= 4 is 17.5 Å². The summed E-state index contributed by atoms with van der Waals surface area (Å²) in [6.07, 6.45) is 0.560. The summed E-state index contributed by atoms with van der Waals surface area (Å²) < 4.78 is 5.79. The summed E-state index contributed by atoms with van der Waals surface area (Å²) in [4.78, 5) is 18.1. The molecule has 1 aromatic carbocycles. The van der Waals surface area contributed by atoms with Crippen LogP contribution in [0.1, 0.15) is 30.0 Å². The third-order valence-electron chi connectivity index (χ3n) is 3.94. The topological polar surface area (TPSA) is 42.4 Å². The number of carbonyl (C=O) groups is 1. The first-order valence-electron chi connectivity index (χ1n) is 7.69. The van der Waals surface area contributed by atoms with Gasteiger partial charge in [-0.25, -0.2) is 0 Å². The van der Waals surface area contributed by atoms with E-state index in [-0.39, 0.29) is 12.0 Å². The van der Waals surface area contributed by atoms with Crippen molar-refractivity contribution in [1.29, 1.82) is 0 Å². The standard InChI is InChI=1S/C18H19ClN2O2/c1-13(22)21-8-9-23-18(12-21)17-7-3-6-16(20-17)11-14-4-2-5-15(19)10-14/h2-7,10,18H,8-9,11-12H2,1H3/t18-/m0/s1. The lowest BCUT2D eigenvalue weighted by atomic mass is 10.1. The van der Waals surface area contributed by atoms with Crippen LogP contribution in [0.4, 0.5) is 0 Å². The summed E-state index contributed by atoms with van der Waals surface area (Å²) in [5.74, 6) is 0.0772. The van der Waals surface area contributed by atoms with E-state index in [1.165, 1.54) is 0 Å². The Bertz CT molecular complexity index is 705. The van der Waals surface area contributed by atoms with E-state index in [0.717, 1.165) is 28.4 Å². The van der Waals surface area contributed by atoms with Gasteiger partial charge < -0.3 is 9.64 Å². The van der Waals surface area contributed by atoms with E-state index in [9.17, 15) is 4.79 Å².